The van der Waals surface area contributed by atoms with E-state index in [0.29, 0.717) is 0 Å². The van der Waals surface area contributed by atoms with Crippen molar-refractivity contribution in [1.82, 2.24) is 0 Å². The number of hydrogen-bond donors (Lipinski definition) is 1. The van der Waals surface area contributed by atoms with Crippen LogP contribution in [0.25, 0.3) is 0 Å². The largest absolute Gasteiger partial charge is 0.329 e. The van der Waals surface area contributed by atoms with Crippen molar-refractivity contribution < 1.29 is 0 Å². The van der Waals surface area contributed by atoms with Gasteiger partial charge in [-0.25, -0.2) is 0 Å². The summed E-state index contributed by atoms with van der Waals surface area (Å²) < 4.78 is 0. The van der Waals surface area contributed by atoms with Crippen LogP contribution in [0, 0.1) is 46.8 Å². The summed E-state index contributed by atoms with van der Waals surface area (Å²) in [6.45, 7) is 0.808. The highest BCUT2D eigenvalue weighted by Crippen LogP contribution is 2.59. The third-order valence-corrected chi connectivity index (χ3v) is 7.11. The number of hydrogen-bond acceptors (Lipinski definition) is 1. The van der Waals surface area contributed by atoms with Crippen molar-refractivity contribution in [2.45, 2.75) is 57.8 Å². The van der Waals surface area contributed by atoms with Gasteiger partial charge in [0.05, 0.1) is 0 Å². The van der Waals surface area contributed by atoms with E-state index in [2.05, 4.69) is 11.8 Å². The zero-order chi connectivity index (χ0) is 12.9. The lowest BCUT2D eigenvalue weighted by molar-refractivity contribution is -0.0407. The molecular weight excluding hydrogens is 230 g/mol. The maximum Gasteiger partial charge on any atom is 0.0476 e. The Bertz CT molecular complexity index is 417. The molecule has 0 bridgehead atoms. The van der Waals surface area contributed by atoms with E-state index >= 15 is 0 Å². The summed E-state index contributed by atoms with van der Waals surface area (Å²) in [5, 5.41) is 0. The molecule has 4 rings (SSSR count). The van der Waals surface area contributed by atoms with E-state index in [1.54, 1.807) is 0 Å². The Balaban J connectivity index is 1.59. The molecule has 0 saturated heterocycles. The van der Waals surface area contributed by atoms with Crippen LogP contribution in [0.2, 0.25) is 0 Å². The highest BCUT2D eigenvalue weighted by atomic mass is 14.7. The first-order chi connectivity index (χ1) is 9.34. The standard InChI is InChI=1S/C18H27N/c19-12-18-10-3-6-17(18)16-8-7-13-4-1-2-5-14(13)15(16)9-11-18/h13-17H,1-2,4-9,11-12,19H2/t13?,14-,15+,16+,17-,18-/m0/s1. The van der Waals surface area contributed by atoms with Gasteiger partial charge in [-0.15, -0.1) is 5.92 Å². The minimum Gasteiger partial charge on any atom is -0.329 e. The predicted octanol–water partition coefficient (Wildman–Crippen LogP) is 3.58. The van der Waals surface area contributed by atoms with E-state index in [0.717, 1.165) is 42.6 Å². The van der Waals surface area contributed by atoms with Crippen LogP contribution >= 0.6 is 0 Å². The summed E-state index contributed by atoms with van der Waals surface area (Å²) in [6.07, 6.45) is 12.9. The van der Waals surface area contributed by atoms with Crippen LogP contribution in [-0.2, 0) is 0 Å². The first-order valence-corrected chi connectivity index (χ1v) is 8.54. The first kappa shape index (κ1) is 12.3. The first-order valence-electron chi connectivity index (χ1n) is 8.54. The quantitative estimate of drug-likeness (QED) is 0.714. The van der Waals surface area contributed by atoms with Gasteiger partial charge in [0.15, 0.2) is 0 Å². The van der Waals surface area contributed by atoms with Gasteiger partial charge in [-0.1, -0.05) is 25.2 Å². The molecule has 0 aromatic rings. The maximum absolute atomic E-state index is 6.13. The maximum atomic E-state index is 6.13. The second-order valence-electron chi connectivity index (χ2n) is 7.62. The summed E-state index contributed by atoms with van der Waals surface area (Å²) in [5.41, 5.74) is 6.36. The van der Waals surface area contributed by atoms with Gasteiger partial charge in [0.1, 0.15) is 0 Å². The predicted molar refractivity (Wildman–Crippen MR) is 78.3 cm³/mol. The van der Waals surface area contributed by atoms with Crippen LogP contribution in [0.4, 0.5) is 0 Å². The highest BCUT2D eigenvalue weighted by Gasteiger charge is 2.53. The molecule has 4 aliphatic rings. The molecule has 0 heterocycles. The summed E-state index contributed by atoms with van der Waals surface area (Å²) in [4.78, 5) is 0. The highest BCUT2D eigenvalue weighted by molar-refractivity contribution is 5.25. The summed E-state index contributed by atoms with van der Waals surface area (Å²) in [6, 6.07) is 0. The van der Waals surface area contributed by atoms with Crippen molar-refractivity contribution in [3.63, 3.8) is 0 Å². The van der Waals surface area contributed by atoms with Gasteiger partial charge in [-0.05, 0) is 61.7 Å². The normalized spacial score (nSPS) is 51.5. The smallest absolute Gasteiger partial charge is 0.0476 e. The average molecular weight is 257 g/mol. The fourth-order valence-electron chi connectivity index (χ4n) is 6.19. The van der Waals surface area contributed by atoms with Crippen molar-refractivity contribution >= 4 is 0 Å². The van der Waals surface area contributed by atoms with E-state index < -0.39 is 0 Å². The van der Waals surface area contributed by atoms with Gasteiger partial charge in [0.25, 0.3) is 0 Å². The molecule has 0 amide bonds. The molecule has 19 heavy (non-hydrogen) atoms. The van der Waals surface area contributed by atoms with Crippen LogP contribution < -0.4 is 5.73 Å². The third-order valence-electron chi connectivity index (χ3n) is 7.11. The van der Waals surface area contributed by atoms with Gasteiger partial charge in [-0.3, -0.25) is 0 Å². The number of fused-ring (bicyclic) bond motifs is 5. The second kappa shape index (κ2) is 4.52. The van der Waals surface area contributed by atoms with E-state index in [1.807, 2.05) is 0 Å². The lowest BCUT2D eigenvalue weighted by atomic mass is 9.50. The summed E-state index contributed by atoms with van der Waals surface area (Å²) in [5.74, 6) is 11.9. The van der Waals surface area contributed by atoms with Crippen molar-refractivity contribution in [3.05, 3.63) is 0 Å². The van der Waals surface area contributed by atoms with Crippen molar-refractivity contribution in [2.75, 3.05) is 6.54 Å². The zero-order valence-electron chi connectivity index (χ0n) is 12.0. The van der Waals surface area contributed by atoms with Gasteiger partial charge in [0, 0.05) is 18.4 Å². The monoisotopic (exact) mass is 257 g/mol. The lowest BCUT2D eigenvalue weighted by Crippen LogP contribution is -2.50. The van der Waals surface area contributed by atoms with E-state index in [1.165, 1.54) is 51.4 Å². The number of rotatable bonds is 1. The van der Waals surface area contributed by atoms with Crippen LogP contribution in [0.5, 0.6) is 0 Å². The molecule has 1 heteroatoms. The van der Waals surface area contributed by atoms with Crippen molar-refractivity contribution in [2.24, 2.45) is 40.7 Å². The van der Waals surface area contributed by atoms with Crippen LogP contribution in [0.15, 0.2) is 0 Å². The Kier molecular flexibility index (Phi) is 2.92. The fraction of sp³-hybridized carbons (Fsp3) is 0.889. The third kappa shape index (κ3) is 1.72. The Morgan fingerprint density at radius 1 is 0.947 bits per heavy atom. The van der Waals surface area contributed by atoms with Crippen molar-refractivity contribution in [3.8, 4) is 11.8 Å². The SMILES string of the molecule is NC[C@@]12C#CC[C@H]1[C@@H]1CCC3CCCC[C@@H]3[C@H]1CC2. The van der Waals surface area contributed by atoms with Gasteiger partial charge < -0.3 is 5.73 Å². The minimum atomic E-state index is 0.225. The Morgan fingerprint density at radius 2 is 1.84 bits per heavy atom. The van der Waals surface area contributed by atoms with E-state index in [-0.39, 0.29) is 5.41 Å². The van der Waals surface area contributed by atoms with Crippen LogP contribution in [0.3, 0.4) is 0 Å². The summed E-state index contributed by atoms with van der Waals surface area (Å²) >= 11 is 0. The fourth-order valence-corrected chi connectivity index (χ4v) is 6.19. The Morgan fingerprint density at radius 3 is 2.74 bits per heavy atom. The average Bonchev–Trinajstić information content (AvgIpc) is 2.91. The Labute approximate surface area is 117 Å². The molecule has 2 N–H and O–H groups in total. The lowest BCUT2D eigenvalue weighted by Gasteiger charge is -2.54. The van der Waals surface area contributed by atoms with Crippen LogP contribution in [0.1, 0.15) is 57.8 Å². The van der Waals surface area contributed by atoms with E-state index in [9.17, 15) is 0 Å². The Hall–Kier alpha value is -0.480. The summed E-state index contributed by atoms with van der Waals surface area (Å²) in [7, 11) is 0. The topological polar surface area (TPSA) is 26.0 Å². The molecule has 4 aliphatic carbocycles. The molecule has 3 fully saturated rings. The van der Waals surface area contributed by atoms with Gasteiger partial charge >= 0.3 is 0 Å². The molecule has 3 saturated carbocycles. The molecule has 1 unspecified atom stereocenters. The molecule has 1 nitrogen and oxygen atoms in total. The molecular formula is C18H27N. The molecule has 0 spiro atoms. The molecule has 104 valence electrons. The van der Waals surface area contributed by atoms with Crippen molar-refractivity contribution in [1.29, 1.82) is 0 Å². The minimum absolute atomic E-state index is 0.225. The number of nitrogens with two attached hydrogens (primary N) is 1. The zero-order valence-corrected chi connectivity index (χ0v) is 12.0. The van der Waals surface area contributed by atoms with E-state index in [4.69, 9.17) is 5.73 Å². The second-order valence-corrected chi connectivity index (χ2v) is 7.62. The van der Waals surface area contributed by atoms with Crippen LogP contribution in [-0.4, -0.2) is 6.54 Å². The molecule has 0 aromatic carbocycles. The van der Waals surface area contributed by atoms with Gasteiger partial charge in [0.2, 0.25) is 0 Å². The molecule has 6 atom stereocenters. The molecule has 0 radical (unpaired) electrons. The molecule has 0 aromatic heterocycles. The molecule has 0 aliphatic heterocycles. The van der Waals surface area contributed by atoms with Gasteiger partial charge in [-0.2, -0.15) is 0 Å².